The summed E-state index contributed by atoms with van der Waals surface area (Å²) in [6.07, 6.45) is 0.637. The number of alkyl halides is 1. The summed E-state index contributed by atoms with van der Waals surface area (Å²) in [5, 5.41) is 0.687. The van der Waals surface area contributed by atoms with E-state index in [0.717, 1.165) is 11.4 Å². The molecule has 1 aromatic rings. The zero-order valence-corrected chi connectivity index (χ0v) is 14.0. The predicted molar refractivity (Wildman–Crippen MR) is 82.4 cm³/mol. The molecule has 0 fully saturated rings. The van der Waals surface area contributed by atoms with E-state index in [1.54, 1.807) is 19.2 Å². The van der Waals surface area contributed by atoms with Gasteiger partial charge in [0, 0.05) is 18.5 Å². The van der Waals surface area contributed by atoms with Crippen LogP contribution in [-0.2, 0) is 26.1 Å². The summed E-state index contributed by atoms with van der Waals surface area (Å²) in [6, 6.07) is 4.65. The molecule has 0 aliphatic carbocycles. The van der Waals surface area contributed by atoms with Crippen LogP contribution in [-0.4, -0.2) is 33.5 Å². The smallest absolute Gasteiger partial charge is 0.243 e. The lowest BCUT2D eigenvalue weighted by atomic mass is 10.3. The Hall–Kier alpha value is -0.610. The molecule has 1 heterocycles. The van der Waals surface area contributed by atoms with Crippen LogP contribution in [0.2, 0.25) is 0 Å². The highest BCUT2D eigenvalue weighted by atomic mass is 79.9. The van der Waals surface area contributed by atoms with Gasteiger partial charge in [-0.15, -0.1) is 0 Å². The van der Waals surface area contributed by atoms with Crippen LogP contribution in [0.5, 0.6) is 0 Å². The number of hydrogen-bond acceptors (Lipinski definition) is 5. The van der Waals surface area contributed by atoms with Crippen LogP contribution in [0.15, 0.2) is 31.8 Å². The second kappa shape index (κ2) is 6.90. The highest BCUT2D eigenvalue weighted by Gasteiger charge is 2.25. The number of hydrogen-bond donors (Lipinski definition) is 1. The van der Waals surface area contributed by atoms with Crippen LogP contribution < -0.4 is 4.72 Å². The zero-order valence-electron chi connectivity index (χ0n) is 10.7. The van der Waals surface area contributed by atoms with Crippen molar-refractivity contribution in [2.75, 3.05) is 19.0 Å². The molecule has 0 bridgehead atoms. The van der Waals surface area contributed by atoms with Gasteiger partial charge in [-0.2, -0.15) is 8.73 Å². The molecule has 1 N–H and O–H groups in total. The lowest BCUT2D eigenvalue weighted by molar-refractivity contribution is 0.173. The van der Waals surface area contributed by atoms with Crippen molar-refractivity contribution in [2.45, 2.75) is 17.4 Å². The molecule has 20 heavy (non-hydrogen) atoms. The molecule has 0 saturated carbocycles. The van der Waals surface area contributed by atoms with Crippen molar-refractivity contribution >= 4 is 48.7 Å². The fourth-order valence-electron chi connectivity index (χ4n) is 1.79. The number of fused-ring (bicyclic) bond motifs is 1. The summed E-state index contributed by atoms with van der Waals surface area (Å²) in [5.74, 6) is 0. The number of nitrogens with zero attached hydrogens (tertiary/aromatic N) is 2. The molecule has 9 heteroatoms. The Morgan fingerprint density at radius 2 is 2.25 bits per heavy atom. The van der Waals surface area contributed by atoms with Crippen LogP contribution in [0.3, 0.4) is 0 Å². The summed E-state index contributed by atoms with van der Waals surface area (Å²) in [7, 11) is -2.10. The van der Waals surface area contributed by atoms with Crippen molar-refractivity contribution in [3.8, 4) is 0 Å². The molecule has 110 valence electrons. The lowest BCUT2D eigenvalue weighted by Crippen LogP contribution is -2.38. The zero-order chi connectivity index (χ0) is 14.6. The second-order valence-electron chi connectivity index (χ2n) is 4.14. The Kier molecular flexibility index (Phi) is 5.44. The molecule has 1 unspecified atom stereocenters. The average molecular weight is 380 g/mol. The third kappa shape index (κ3) is 3.53. The van der Waals surface area contributed by atoms with Crippen molar-refractivity contribution in [3.63, 3.8) is 0 Å². The molecule has 1 atom stereocenters. The van der Waals surface area contributed by atoms with Gasteiger partial charge in [-0.3, -0.25) is 0 Å². The van der Waals surface area contributed by atoms with Crippen molar-refractivity contribution in [1.29, 1.82) is 0 Å². The number of rotatable bonds is 7. The topological polar surface area (TPSA) is 80.1 Å². The van der Waals surface area contributed by atoms with Gasteiger partial charge in [0.2, 0.25) is 10.0 Å². The van der Waals surface area contributed by atoms with Crippen molar-refractivity contribution in [1.82, 2.24) is 4.72 Å². The molecule has 6 nitrogen and oxygen atoms in total. The Morgan fingerprint density at radius 3 is 2.95 bits per heavy atom. The van der Waals surface area contributed by atoms with Gasteiger partial charge < -0.3 is 4.74 Å². The normalized spacial score (nSPS) is 14.9. The van der Waals surface area contributed by atoms with Crippen LogP contribution in [0.25, 0.3) is 0 Å². The second-order valence-corrected chi connectivity index (χ2v) is 7.14. The van der Waals surface area contributed by atoms with Crippen LogP contribution in [0, 0.1) is 0 Å². The minimum absolute atomic E-state index is 0.152. The van der Waals surface area contributed by atoms with E-state index < -0.39 is 10.0 Å². The number of halogens is 1. The standard InChI is InChI=1S/C11H14BrN3O3S2/c1-18-7-8(5-6-12)15-20(16,17)10-4-2-3-9-11(10)14-19-13-9/h2-4,8,15H,5-7H2,1H3. The third-order valence-electron chi connectivity index (χ3n) is 2.69. The molecule has 1 aromatic carbocycles. The van der Waals surface area contributed by atoms with Crippen molar-refractivity contribution in [2.24, 2.45) is 8.73 Å². The van der Waals surface area contributed by atoms with E-state index in [1.165, 1.54) is 6.07 Å². The van der Waals surface area contributed by atoms with Gasteiger partial charge in [-0.1, -0.05) is 22.0 Å². The summed E-state index contributed by atoms with van der Waals surface area (Å²) in [6.45, 7) is 0.316. The van der Waals surface area contributed by atoms with Crippen molar-refractivity contribution in [3.05, 3.63) is 18.2 Å². The lowest BCUT2D eigenvalue weighted by Gasteiger charge is -2.17. The number of sulfonamides is 1. The molecule has 0 saturated heterocycles. The minimum atomic E-state index is -3.65. The maximum Gasteiger partial charge on any atom is 0.243 e. The van der Waals surface area contributed by atoms with Gasteiger partial charge in [0.05, 0.1) is 18.0 Å². The maximum atomic E-state index is 12.5. The highest BCUT2D eigenvalue weighted by molar-refractivity contribution is 9.09. The molecule has 0 aromatic heterocycles. The van der Waals surface area contributed by atoms with E-state index in [4.69, 9.17) is 4.74 Å². The van der Waals surface area contributed by atoms with Crippen LogP contribution in [0.4, 0.5) is 11.4 Å². The largest absolute Gasteiger partial charge is 0.383 e. The maximum absolute atomic E-state index is 12.5. The summed E-state index contributed by atoms with van der Waals surface area (Å²) < 4.78 is 40.7. The van der Waals surface area contributed by atoms with E-state index >= 15 is 0 Å². The molecule has 2 rings (SSSR count). The first kappa shape index (κ1) is 15.8. The average Bonchev–Trinajstić information content (AvgIpc) is 2.86. The van der Waals surface area contributed by atoms with Crippen LogP contribution >= 0.6 is 15.9 Å². The third-order valence-corrected chi connectivity index (χ3v) is 5.24. The van der Waals surface area contributed by atoms with Gasteiger partial charge in [-0.25, -0.2) is 13.1 Å². The fraction of sp³-hybridized carbons (Fsp3) is 0.455. The van der Waals surface area contributed by atoms with Crippen LogP contribution in [0.1, 0.15) is 6.42 Å². The van der Waals surface area contributed by atoms with Gasteiger partial charge >= 0.3 is 0 Å². The Labute approximate surface area is 130 Å². The molecule has 1 aliphatic heterocycles. The number of benzene rings is 1. The minimum Gasteiger partial charge on any atom is -0.383 e. The number of nitrogens with one attached hydrogen (secondary N) is 1. The van der Waals surface area contributed by atoms with Gasteiger partial charge in [0.15, 0.2) is 0 Å². The predicted octanol–water partition coefficient (Wildman–Crippen LogP) is 2.49. The Bertz CT molecular complexity index is 651. The molecular formula is C11H14BrN3O3S2. The molecular weight excluding hydrogens is 366 g/mol. The monoisotopic (exact) mass is 379 g/mol. The fourth-order valence-corrected chi connectivity index (χ4v) is 4.36. The van der Waals surface area contributed by atoms with E-state index in [1.807, 2.05) is 0 Å². The first-order chi connectivity index (χ1) is 9.58. The first-order valence-electron chi connectivity index (χ1n) is 5.87. The molecule has 0 radical (unpaired) electrons. The number of ether oxygens (including phenoxy) is 1. The summed E-state index contributed by atoms with van der Waals surface area (Å²) >= 11 is 4.30. The van der Waals surface area contributed by atoms with E-state index in [9.17, 15) is 8.42 Å². The van der Waals surface area contributed by atoms with Gasteiger partial charge in [0.25, 0.3) is 0 Å². The van der Waals surface area contributed by atoms with Crippen molar-refractivity contribution < 1.29 is 13.2 Å². The summed E-state index contributed by atoms with van der Waals surface area (Å²) in [5.41, 5.74) is 0.988. The molecule has 0 spiro atoms. The van der Waals surface area contributed by atoms with E-state index in [2.05, 4.69) is 29.4 Å². The van der Waals surface area contributed by atoms with E-state index in [-0.39, 0.29) is 10.9 Å². The van der Waals surface area contributed by atoms with E-state index in [0.29, 0.717) is 29.7 Å². The quantitative estimate of drug-likeness (QED) is 0.750. The first-order valence-corrected chi connectivity index (χ1v) is 9.20. The summed E-state index contributed by atoms with van der Waals surface area (Å²) in [4.78, 5) is 0.152. The highest BCUT2D eigenvalue weighted by Crippen LogP contribution is 2.37. The Morgan fingerprint density at radius 1 is 1.45 bits per heavy atom. The SMILES string of the molecule is COCC(CCBr)NS(=O)(=O)c1cccc2c1N=S=N2. The molecule has 1 aliphatic rings. The van der Waals surface area contributed by atoms with Gasteiger partial charge in [0.1, 0.15) is 16.3 Å². The molecule has 0 amide bonds. The number of methoxy groups -OCH3 is 1. The Balaban J connectivity index is 2.27. The van der Waals surface area contributed by atoms with Gasteiger partial charge in [-0.05, 0) is 18.6 Å².